The number of carbonyl (C=O) groups is 2. The minimum atomic E-state index is -1.09. The topological polar surface area (TPSA) is 113 Å². The molecule has 23 heteroatoms. The van der Waals surface area contributed by atoms with Crippen LogP contribution in [0.3, 0.4) is 0 Å². The Morgan fingerprint density at radius 1 is 0.500 bits per heavy atom. The molecule has 0 radical (unpaired) electrons. The van der Waals surface area contributed by atoms with Gasteiger partial charge in [0.15, 0.2) is 17.7 Å². The quantitative estimate of drug-likeness (QED) is 0.0229. The van der Waals surface area contributed by atoms with Gasteiger partial charge in [-0.1, -0.05) is 108 Å². The van der Waals surface area contributed by atoms with Crippen molar-refractivity contribution in [1.82, 2.24) is 5.16 Å². The Morgan fingerprint density at radius 3 is 1.39 bits per heavy atom. The Kier molecular flexibility index (Phi) is 30.9. The molecule has 0 saturated heterocycles. The van der Waals surface area contributed by atoms with Crippen LogP contribution in [0.15, 0.2) is 244 Å². The third kappa shape index (κ3) is 22.5. The third-order valence-electron chi connectivity index (χ3n) is 11.4. The van der Waals surface area contributed by atoms with Crippen LogP contribution in [0.25, 0.3) is 22.2 Å². The normalized spacial score (nSPS) is 10.6. The third-order valence-corrected chi connectivity index (χ3v) is 13.9. The van der Waals surface area contributed by atoms with E-state index >= 15 is 0 Å². The zero-order valence-electron chi connectivity index (χ0n) is 44.8. The van der Waals surface area contributed by atoms with Crippen molar-refractivity contribution in [3.05, 3.63) is 332 Å². The van der Waals surface area contributed by atoms with Gasteiger partial charge >= 0.3 is 23.1 Å². The molecule has 2 N–H and O–H groups in total. The summed E-state index contributed by atoms with van der Waals surface area (Å²) in [7, 11) is 0. The van der Waals surface area contributed by atoms with Crippen molar-refractivity contribution in [2.24, 2.45) is 5.16 Å². The number of aliphatic hydroxyl groups excluding tert-OH is 1. The van der Waals surface area contributed by atoms with Gasteiger partial charge in [0.25, 0.3) is 0 Å². The Balaban J connectivity index is 0.000000229. The minimum Gasteiger partial charge on any atom is -1.00 e. The first-order valence-electron chi connectivity index (χ1n) is 24.5. The molecule has 0 saturated carbocycles. The molecule has 7 nitrogen and oxygen atoms in total. The molecule has 0 aliphatic carbocycles. The zero-order chi connectivity index (χ0) is 62.5. The molecule has 0 aliphatic rings. The van der Waals surface area contributed by atoms with Gasteiger partial charge in [0.05, 0.1) is 11.1 Å². The van der Waals surface area contributed by atoms with E-state index in [0.29, 0.717) is 40.9 Å². The van der Waals surface area contributed by atoms with Gasteiger partial charge in [0.2, 0.25) is 0 Å². The molecule has 11 rings (SSSR count). The molecule has 0 aliphatic heterocycles. The predicted octanol–water partition coefficient (Wildman–Crippen LogP) is 16.8. The largest absolute Gasteiger partial charge is 2.00 e. The maximum Gasteiger partial charge on any atom is 2.00 e. The predicted molar refractivity (Wildman–Crippen MR) is 334 cm³/mol. The maximum atomic E-state index is 13.8. The smallest absolute Gasteiger partial charge is 1.00 e. The van der Waals surface area contributed by atoms with Crippen LogP contribution >= 0.6 is 79.6 Å². The Labute approximate surface area is 566 Å². The second-order valence-corrected chi connectivity index (χ2v) is 21.9. The number of fused-ring (bicyclic) bond motifs is 1. The molecule has 0 amide bonds. The monoisotopic (exact) mass is 1600 g/mol. The SMILES string of the molecule is Fc1cc[c-]cc1.Fc1ccc(-c2noc3cc(Br)ccc23)cc1.O/N=C(\c1ccc(F)cc1)c1ccc(Br)cc1F.O=C(c1ccc(F)cc1)c1ccc(Br)cc1F.O=Cc1ccc(Br)cc1F.OC(c1ccc(F)cc1)c1ccc(Br)cc1F.[Br-].[Mg+2]. The number of ketones is 1. The molecule has 0 fully saturated rings. The van der Waals surface area contributed by atoms with E-state index in [4.69, 9.17) is 9.73 Å². The van der Waals surface area contributed by atoms with Gasteiger partial charge in [-0.3, -0.25) is 9.59 Å². The summed E-state index contributed by atoms with van der Waals surface area (Å²) >= 11 is 15.8. The van der Waals surface area contributed by atoms with E-state index in [1.54, 1.807) is 36.4 Å². The number of nitrogens with zero attached hydrogens (tertiary/aromatic N) is 2. The number of aldehydes is 1. The van der Waals surface area contributed by atoms with Crippen LogP contribution in [0.5, 0.6) is 0 Å². The number of aromatic nitrogens is 1. The first-order chi connectivity index (χ1) is 41.1. The van der Waals surface area contributed by atoms with Crippen molar-refractivity contribution in [3.63, 3.8) is 0 Å². The number of carbonyl (C=O) groups excluding carboxylic acids is 2. The Morgan fingerprint density at radius 2 is 0.920 bits per heavy atom. The number of halogens is 15. The van der Waals surface area contributed by atoms with Crippen LogP contribution in [-0.4, -0.2) is 56.3 Å². The number of aliphatic hydroxyl groups is 1. The minimum absolute atomic E-state index is 0. The fourth-order valence-electron chi connectivity index (χ4n) is 7.23. The first kappa shape index (κ1) is 73.9. The molecule has 1 heterocycles. The molecule has 1 unspecified atom stereocenters. The van der Waals surface area contributed by atoms with Gasteiger partial charge in [-0.25, -0.2) is 39.5 Å². The molecule has 1 aromatic heterocycles. The zero-order valence-corrected chi connectivity index (χ0v) is 55.7. The summed E-state index contributed by atoms with van der Waals surface area (Å²) in [5.41, 5.74) is 3.84. The summed E-state index contributed by atoms with van der Waals surface area (Å²) in [4.78, 5) is 22.0. The van der Waals surface area contributed by atoms with Crippen LogP contribution in [0.2, 0.25) is 0 Å². The fourth-order valence-corrected chi connectivity index (χ4v) is 8.90. The molecule has 0 bridgehead atoms. The van der Waals surface area contributed by atoms with E-state index < -0.39 is 52.6 Å². The number of hydrogen-bond donors (Lipinski definition) is 2. The molecule has 0 spiro atoms. The van der Waals surface area contributed by atoms with Gasteiger partial charge in [-0.2, -0.15) is 18.2 Å². The first-order valence-corrected chi connectivity index (χ1v) is 28.5. The summed E-state index contributed by atoms with van der Waals surface area (Å²) in [5, 5.41) is 27.0. The van der Waals surface area contributed by atoms with Crippen molar-refractivity contribution in [3.8, 4) is 11.3 Å². The van der Waals surface area contributed by atoms with Crippen molar-refractivity contribution in [1.29, 1.82) is 0 Å². The average Bonchev–Trinajstić information content (AvgIpc) is 3.77. The molecular weight excluding hydrogens is 1560 g/mol. The molecule has 88 heavy (non-hydrogen) atoms. The summed E-state index contributed by atoms with van der Waals surface area (Å²) < 4.78 is 125. The van der Waals surface area contributed by atoms with Gasteiger partial charge in [-0.15, -0.1) is 12.1 Å². The Bertz CT molecular complexity index is 4080. The van der Waals surface area contributed by atoms with Crippen molar-refractivity contribution in [2.45, 2.75) is 6.10 Å². The molecular formula is C65H39Br6F9MgN2O5. The number of hydrogen-bond acceptors (Lipinski definition) is 7. The molecule has 446 valence electrons. The van der Waals surface area contributed by atoms with E-state index in [9.17, 15) is 54.2 Å². The molecule has 1 atom stereocenters. The van der Waals surface area contributed by atoms with Crippen LogP contribution < -0.4 is 17.0 Å². The molecule has 11 aromatic rings. The van der Waals surface area contributed by atoms with Crippen molar-refractivity contribution >= 4 is 131 Å². The van der Waals surface area contributed by atoms with Crippen molar-refractivity contribution in [2.75, 3.05) is 0 Å². The van der Waals surface area contributed by atoms with Crippen molar-refractivity contribution < 1.29 is 80.9 Å². The van der Waals surface area contributed by atoms with E-state index in [1.165, 1.54) is 158 Å². The van der Waals surface area contributed by atoms with E-state index in [0.717, 1.165) is 21.1 Å². The Hall–Kier alpha value is -6.54. The summed E-state index contributed by atoms with van der Waals surface area (Å²) in [5.74, 6) is -4.30. The van der Waals surface area contributed by atoms with Crippen LogP contribution in [-0.2, 0) is 0 Å². The number of benzene rings is 10. The maximum absolute atomic E-state index is 13.8. The second kappa shape index (κ2) is 36.8. The number of rotatable bonds is 8. The van der Waals surface area contributed by atoms with Gasteiger partial charge in [0.1, 0.15) is 64.0 Å². The molecule has 10 aromatic carbocycles. The van der Waals surface area contributed by atoms with E-state index in [2.05, 4.69) is 96.0 Å². The average molecular weight is 1600 g/mol. The summed E-state index contributed by atoms with van der Waals surface area (Å²) in [6.45, 7) is 0. The van der Waals surface area contributed by atoms with Gasteiger partial charge in [0, 0.05) is 61.4 Å². The summed E-state index contributed by atoms with van der Waals surface area (Å²) in [6, 6.07) is 53.3. The van der Waals surface area contributed by atoms with Gasteiger partial charge in [-0.05, 0) is 175 Å². The fraction of sp³-hybridized carbons (Fsp3) is 0.0154. The second-order valence-electron chi connectivity index (χ2n) is 17.3. The van der Waals surface area contributed by atoms with Crippen LogP contribution in [0, 0.1) is 58.4 Å². The number of oxime groups is 1. The van der Waals surface area contributed by atoms with E-state index in [-0.39, 0.29) is 85.2 Å². The standard InChI is InChI=1S/C13H8BrF2NO.C13H9BrF2O.C13H7BrF2O.C13H7BrFNO.C7H4BrFO.C6H4F.BrH.Mg/c14-9-3-6-11(12(16)7-9)13(17-18)8-1-4-10(15)5-2-8;2*14-9-3-6-11(12(16)7-9)13(17)8-1-4-10(15)5-2-8;14-9-3-6-11-12(7-9)17-16-13(11)8-1-4-10(15)5-2-8;8-6-2-1-5(4-10)7(9)3-6;7-6-4-2-1-3-5-6;;/h1-7,18H;1-7,13,17H;2*1-7H;1-4H;2-5H;1H;/q;;;;;-1;;+2/p-1/b17-13+;;;;;;;. The van der Waals surface area contributed by atoms with Crippen LogP contribution in [0.1, 0.15) is 54.6 Å². The summed E-state index contributed by atoms with van der Waals surface area (Å²) in [6.07, 6.45) is -0.606. The van der Waals surface area contributed by atoms with E-state index in [1.807, 2.05) is 18.2 Å². The van der Waals surface area contributed by atoms with Gasteiger partial charge < -0.3 is 31.8 Å². The van der Waals surface area contributed by atoms with Crippen LogP contribution in [0.4, 0.5) is 39.5 Å².